The fourth-order valence-corrected chi connectivity index (χ4v) is 3.48. The van der Waals surface area contributed by atoms with Crippen molar-refractivity contribution in [3.05, 3.63) is 89.5 Å². The van der Waals surface area contributed by atoms with Crippen LogP contribution < -0.4 is 4.74 Å². The topological polar surface area (TPSA) is 9.23 Å². The van der Waals surface area contributed by atoms with Crippen LogP contribution in [0.1, 0.15) is 29.0 Å². The van der Waals surface area contributed by atoms with E-state index in [-0.39, 0.29) is 5.60 Å². The molecule has 0 amide bonds. The fraction of sp³-hybridized carbons (Fsp3) is 0.200. The lowest BCUT2D eigenvalue weighted by Crippen LogP contribution is -2.39. The fourth-order valence-electron chi connectivity index (χ4n) is 3.48. The number of ether oxygens (including phenoxy) is 1. The zero-order chi connectivity index (χ0) is 14.4. The van der Waals surface area contributed by atoms with Gasteiger partial charge in [0.25, 0.3) is 0 Å². The molecule has 1 nitrogen and oxygen atoms in total. The maximum absolute atomic E-state index is 6.45. The standard InChI is InChI=1S/C20H18O/c1-14-6-5-7-16(12-14)20-11-10-15(2)18(13-20)17-8-3-4-9-19(17)21-20/h3-12,18H,2,13H2,1H3. The summed E-state index contributed by atoms with van der Waals surface area (Å²) in [5.74, 6) is 1.33. The number of hydrogen-bond acceptors (Lipinski definition) is 1. The molecule has 0 spiro atoms. The minimum Gasteiger partial charge on any atom is -0.478 e. The first-order valence-electron chi connectivity index (χ1n) is 7.41. The van der Waals surface area contributed by atoms with Gasteiger partial charge in [-0.3, -0.25) is 0 Å². The van der Waals surface area contributed by atoms with Crippen molar-refractivity contribution >= 4 is 0 Å². The molecule has 2 aliphatic rings. The van der Waals surface area contributed by atoms with E-state index in [4.69, 9.17) is 4.74 Å². The summed E-state index contributed by atoms with van der Waals surface area (Å²) in [5.41, 5.74) is 4.57. The van der Waals surface area contributed by atoms with Crippen molar-refractivity contribution < 1.29 is 4.74 Å². The van der Waals surface area contributed by atoms with Gasteiger partial charge in [-0.25, -0.2) is 0 Å². The predicted molar refractivity (Wildman–Crippen MR) is 85.6 cm³/mol. The molecular formula is C20H18O. The van der Waals surface area contributed by atoms with Gasteiger partial charge in [0.05, 0.1) is 0 Å². The molecule has 0 radical (unpaired) electrons. The Morgan fingerprint density at radius 3 is 2.86 bits per heavy atom. The molecule has 2 aromatic rings. The Labute approximate surface area is 125 Å². The highest BCUT2D eigenvalue weighted by atomic mass is 16.5. The van der Waals surface area contributed by atoms with Crippen LogP contribution in [0.5, 0.6) is 5.75 Å². The van der Waals surface area contributed by atoms with E-state index in [1.807, 2.05) is 6.07 Å². The Morgan fingerprint density at radius 1 is 1.14 bits per heavy atom. The lowest BCUT2D eigenvalue weighted by atomic mass is 9.72. The van der Waals surface area contributed by atoms with Gasteiger partial charge in [-0.1, -0.05) is 60.7 Å². The molecule has 0 saturated carbocycles. The molecule has 1 heteroatoms. The van der Waals surface area contributed by atoms with Crippen LogP contribution in [0, 0.1) is 6.92 Å². The molecule has 2 unspecified atom stereocenters. The van der Waals surface area contributed by atoms with Gasteiger partial charge in [0.2, 0.25) is 0 Å². The van der Waals surface area contributed by atoms with Crippen molar-refractivity contribution in [2.75, 3.05) is 0 Å². The average Bonchev–Trinajstić information content (AvgIpc) is 2.51. The number of fused-ring (bicyclic) bond motifs is 4. The van der Waals surface area contributed by atoms with Crippen LogP contribution in [-0.4, -0.2) is 0 Å². The van der Waals surface area contributed by atoms with E-state index < -0.39 is 0 Å². The number of para-hydroxylation sites is 1. The van der Waals surface area contributed by atoms with E-state index >= 15 is 0 Å². The smallest absolute Gasteiger partial charge is 0.153 e. The SMILES string of the molecule is C=C1C=CC2(c3cccc(C)c3)CC1c1ccccc1O2. The van der Waals surface area contributed by atoms with Gasteiger partial charge in [-0.2, -0.15) is 0 Å². The zero-order valence-electron chi connectivity index (χ0n) is 12.2. The summed E-state index contributed by atoms with van der Waals surface area (Å²) in [4.78, 5) is 0. The third kappa shape index (κ3) is 1.84. The monoisotopic (exact) mass is 274 g/mol. The lowest BCUT2D eigenvalue weighted by molar-refractivity contribution is 0.0813. The van der Waals surface area contributed by atoms with E-state index in [2.05, 4.69) is 68.1 Å². The Bertz CT molecular complexity index is 756. The molecule has 1 heterocycles. The first-order chi connectivity index (χ1) is 10.2. The molecule has 0 aromatic heterocycles. The van der Waals surface area contributed by atoms with Gasteiger partial charge in [-0.05, 0) is 30.2 Å². The molecule has 2 bridgehead atoms. The van der Waals surface area contributed by atoms with Gasteiger partial charge in [-0.15, -0.1) is 0 Å². The minimum atomic E-state index is -0.355. The summed E-state index contributed by atoms with van der Waals surface area (Å²) >= 11 is 0. The highest BCUT2D eigenvalue weighted by Gasteiger charge is 2.43. The highest BCUT2D eigenvalue weighted by Crippen LogP contribution is 2.51. The second kappa shape index (κ2) is 4.36. The van der Waals surface area contributed by atoms with Crippen LogP contribution in [0.4, 0.5) is 0 Å². The summed E-state index contributed by atoms with van der Waals surface area (Å²) in [6, 6.07) is 17.0. The molecule has 0 N–H and O–H groups in total. The summed E-state index contributed by atoms with van der Waals surface area (Å²) in [5, 5.41) is 0. The molecule has 4 rings (SSSR count). The largest absolute Gasteiger partial charge is 0.478 e. The summed E-state index contributed by atoms with van der Waals surface area (Å²) in [7, 11) is 0. The quantitative estimate of drug-likeness (QED) is 0.720. The number of hydrogen-bond donors (Lipinski definition) is 0. The van der Waals surface area contributed by atoms with Crippen LogP contribution in [-0.2, 0) is 5.60 Å². The maximum Gasteiger partial charge on any atom is 0.153 e. The Balaban J connectivity index is 1.91. The zero-order valence-corrected chi connectivity index (χ0v) is 12.2. The molecule has 2 atom stereocenters. The maximum atomic E-state index is 6.45. The first-order valence-corrected chi connectivity index (χ1v) is 7.41. The second-order valence-electron chi connectivity index (χ2n) is 6.06. The number of allylic oxidation sites excluding steroid dienone is 2. The van der Waals surface area contributed by atoms with Gasteiger partial charge in [0, 0.05) is 17.9 Å². The molecule has 0 saturated heterocycles. The summed E-state index contributed by atoms with van der Waals surface area (Å²) in [6.45, 7) is 6.36. The molecule has 104 valence electrons. The van der Waals surface area contributed by atoms with Gasteiger partial charge in [0.15, 0.2) is 5.60 Å². The Kier molecular flexibility index (Phi) is 2.58. The summed E-state index contributed by atoms with van der Waals surface area (Å²) in [6.07, 6.45) is 5.24. The third-order valence-corrected chi connectivity index (χ3v) is 4.61. The Hall–Kier alpha value is -2.28. The molecule has 21 heavy (non-hydrogen) atoms. The molecule has 2 aromatic carbocycles. The Morgan fingerprint density at radius 2 is 2.00 bits per heavy atom. The van der Waals surface area contributed by atoms with Gasteiger partial charge in [0.1, 0.15) is 5.75 Å². The van der Waals surface area contributed by atoms with E-state index in [1.54, 1.807) is 0 Å². The van der Waals surface area contributed by atoms with Crippen molar-refractivity contribution in [1.29, 1.82) is 0 Å². The average molecular weight is 274 g/mol. The molecule has 1 aliphatic carbocycles. The van der Waals surface area contributed by atoms with Crippen molar-refractivity contribution in [1.82, 2.24) is 0 Å². The minimum absolute atomic E-state index is 0.348. The van der Waals surface area contributed by atoms with Crippen LogP contribution in [0.25, 0.3) is 0 Å². The van der Waals surface area contributed by atoms with Crippen LogP contribution in [0.3, 0.4) is 0 Å². The number of rotatable bonds is 1. The van der Waals surface area contributed by atoms with Crippen LogP contribution in [0.2, 0.25) is 0 Å². The van der Waals surface area contributed by atoms with Crippen molar-refractivity contribution in [3.63, 3.8) is 0 Å². The van der Waals surface area contributed by atoms with Crippen molar-refractivity contribution in [2.24, 2.45) is 0 Å². The molecular weight excluding hydrogens is 256 g/mol. The van der Waals surface area contributed by atoms with Crippen molar-refractivity contribution in [3.8, 4) is 5.75 Å². The summed E-state index contributed by atoms with van der Waals surface area (Å²) < 4.78 is 6.45. The normalized spacial score (nSPS) is 26.1. The molecule has 1 aliphatic heterocycles. The number of aryl methyl sites for hydroxylation is 1. The van der Waals surface area contributed by atoms with E-state index in [9.17, 15) is 0 Å². The van der Waals surface area contributed by atoms with E-state index in [0.717, 1.165) is 12.2 Å². The third-order valence-electron chi connectivity index (χ3n) is 4.61. The lowest BCUT2D eigenvalue weighted by Gasteiger charge is -2.44. The van der Waals surface area contributed by atoms with Gasteiger partial charge < -0.3 is 4.74 Å². The number of benzene rings is 2. The highest BCUT2D eigenvalue weighted by molar-refractivity contribution is 5.51. The molecule has 0 fully saturated rings. The first kappa shape index (κ1) is 12.5. The van der Waals surface area contributed by atoms with Crippen LogP contribution >= 0.6 is 0 Å². The van der Waals surface area contributed by atoms with E-state index in [1.165, 1.54) is 22.3 Å². The van der Waals surface area contributed by atoms with Crippen molar-refractivity contribution in [2.45, 2.75) is 24.9 Å². The van der Waals surface area contributed by atoms with Crippen LogP contribution in [0.15, 0.2) is 72.8 Å². The van der Waals surface area contributed by atoms with E-state index in [0.29, 0.717) is 5.92 Å². The van der Waals surface area contributed by atoms with Gasteiger partial charge >= 0.3 is 0 Å². The second-order valence-corrected chi connectivity index (χ2v) is 6.06. The predicted octanol–water partition coefficient (Wildman–Crippen LogP) is 4.88.